The summed E-state index contributed by atoms with van der Waals surface area (Å²) in [6.45, 7) is 0. The molecule has 0 aromatic heterocycles. The lowest BCUT2D eigenvalue weighted by molar-refractivity contribution is -0.367. The number of nitrogens with zero attached hydrogens (tertiary/aromatic N) is 4. The highest BCUT2D eigenvalue weighted by Gasteiger charge is 2.51. The lowest BCUT2D eigenvalue weighted by atomic mass is 10.2. The van der Waals surface area contributed by atoms with Crippen molar-refractivity contribution in [2.45, 2.75) is 11.8 Å². The molecule has 0 saturated carbocycles. The highest BCUT2D eigenvalue weighted by Crippen LogP contribution is 2.23. The first-order valence-electron chi connectivity index (χ1n) is 6.91. The van der Waals surface area contributed by atoms with E-state index in [1.54, 1.807) is 18.8 Å². The van der Waals surface area contributed by atoms with Crippen LogP contribution < -0.4 is 0 Å². The summed E-state index contributed by atoms with van der Waals surface area (Å²) in [5, 5.41) is 0.757. The summed E-state index contributed by atoms with van der Waals surface area (Å²) in [4.78, 5) is 31.4. The second kappa shape index (κ2) is 5.57. The van der Waals surface area contributed by atoms with Crippen molar-refractivity contribution in [1.29, 1.82) is 0 Å². The molecule has 1 aromatic rings. The van der Waals surface area contributed by atoms with Crippen molar-refractivity contribution in [2.75, 3.05) is 21.1 Å². The molecule has 1 fully saturated rings. The number of fused-ring (bicyclic) bond motifs is 1. The lowest BCUT2D eigenvalue weighted by Gasteiger charge is -2.27. The van der Waals surface area contributed by atoms with E-state index in [4.69, 9.17) is 0 Å². The number of hydrogen-bond donors (Lipinski definition) is 0. The maximum Gasteiger partial charge on any atom is 0.388 e. The summed E-state index contributed by atoms with van der Waals surface area (Å²) in [5.41, 5.74) is 1.19. The van der Waals surface area contributed by atoms with Crippen LogP contribution in [0.3, 0.4) is 0 Å². The standard InChI is InChI=1S/C15H17N4O2S/c1-17-12-11(13(20)19(3)15(21)18(12)2)16-14(17)22-9-10-7-5-4-6-8-10/h4-8,11H,9H2,1-3H3/q+1. The average molecular weight is 317 g/mol. The van der Waals surface area contributed by atoms with E-state index in [-0.39, 0.29) is 11.9 Å². The van der Waals surface area contributed by atoms with Crippen LogP contribution in [-0.4, -0.2) is 64.5 Å². The van der Waals surface area contributed by atoms with Gasteiger partial charge < -0.3 is 0 Å². The minimum Gasteiger partial charge on any atom is -0.269 e. The van der Waals surface area contributed by atoms with Crippen molar-refractivity contribution in [1.82, 2.24) is 9.80 Å². The van der Waals surface area contributed by atoms with Crippen LogP contribution in [0.4, 0.5) is 4.79 Å². The van der Waals surface area contributed by atoms with Crippen LogP contribution in [0.2, 0.25) is 0 Å². The third-order valence-electron chi connectivity index (χ3n) is 3.81. The van der Waals surface area contributed by atoms with E-state index in [0.717, 1.165) is 15.8 Å². The van der Waals surface area contributed by atoms with Gasteiger partial charge in [-0.05, 0) is 17.3 Å². The summed E-state index contributed by atoms with van der Waals surface area (Å²) >= 11 is 1.56. The van der Waals surface area contributed by atoms with Crippen LogP contribution in [0.15, 0.2) is 35.3 Å². The highest BCUT2D eigenvalue weighted by molar-refractivity contribution is 8.12. The zero-order valence-electron chi connectivity index (χ0n) is 12.7. The quantitative estimate of drug-likeness (QED) is 0.771. The fourth-order valence-corrected chi connectivity index (χ4v) is 3.52. The van der Waals surface area contributed by atoms with Crippen molar-refractivity contribution < 1.29 is 14.2 Å². The number of hydrogen-bond acceptors (Lipinski definition) is 4. The van der Waals surface area contributed by atoms with Gasteiger partial charge in [-0.2, -0.15) is 0 Å². The van der Waals surface area contributed by atoms with E-state index in [1.807, 2.05) is 29.8 Å². The molecular weight excluding hydrogens is 300 g/mol. The van der Waals surface area contributed by atoms with Gasteiger partial charge in [-0.25, -0.2) is 14.3 Å². The molecule has 1 saturated heterocycles. The Bertz CT molecular complexity index is 699. The molecular formula is C15H17N4O2S+. The smallest absolute Gasteiger partial charge is 0.269 e. The van der Waals surface area contributed by atoms with E-state index < -0.39 is 6.04 Å². The van der Waals surface area contributed by atoms with Gasteiger partial charge in [0.25, 0.3) is 23.0 Å². The molecule has 0 aliphatic carbocycles. The lowest BCUT2D eigenvalue weighted by Crippen LogP contribution is -2.59. The minimum atomic E-state index is -0.615. The highest BCUT2D eigenvalue weighted by atomic mass is 32.2. The number of likely N-dealkylation sites (N-methyl/N-ethyl adjacent to an activating group) is 2. The van der Waals surface area contributed by atoms with Gasteiger partial charge in [-0.15, -0.1) is 4.99 Å². The number of thioether (sulfide) groups is 1. The molecule has 22 heavy (non-hydrogen) atoms. The van der Waals surface area contributed by atoms with Crippen LogP contribution >= 0.6 is 11.8 Å². The Morgan fingerprint density at radius 1 is 1.18 bits per heavy atom. The Morgan fingerprint density at radius 2 is 1.86 bits per heavy atom. The number of imide groups is 1. The summed E-state index contributed by atoms with van der Waals surface area (Å²) in [5.74, 6) is 1.12. The summed E-state index contributed by atoms with van der Waals surface area (Å²) in [6.07, 6.45) is 0. The van der Waals surface area contributed by atoms with Gasteiger partial charge in [0.15, 0.2) is 0 Å². The van der Waals surface area contributed by atoms with Gasteiger partial charge in [0.2, 0.25) is 0 Å². The van der Waals surface area contributed by atoms with Crippen molar-refractivity contribution >= 4 is 34.7 Å². The van der Waals surface area contributed by atoms with Crippen LogP contribution in [0.1, 0.15) is 5.56 Å². The number of rotatable bonds is 2. The Labute approximate surface area is 133 Å². The fraction of sp³-hybridized carbons (Fsp3) is 0.333. The maximum atomic E-state index is 12.2. The molecule has 3 rings (SSSR count). The summed E-state index contributed by atoms with van der Waals surface area (Å²) < 4.78 is 1.83. The summed E-state index contributed by atoms with van der Waals surface area (Å²) in [7, 11) is 5.00. The average Bonchev–Trinajstić information content (AvgIpc) is 2.87. The van der Waals surface area contributed by atoms with Crippen molar-refractivity contribution in [3.63, 3.8) is 0 Å². The molecule has 1 aromatic carbocycles. The third-order valence-corrected chi connectivity index (χ3v) is 4.92. The maximum absolute atomic E-state index is 12.2. The van der Waals surface area contributed by atoms with Crippen LogP contribution in [0.5, 0.6) is 0 Å². The van der Waals surface area contributed by atoms with E-state index in [9.17, 15) is 9.59 Å². The van der Waals surface area contributed by atoms with E-state index in [0.29, 0.717) is 5.84 Å². The normalized spacial score (nSPS) is 21.4. The molecule has 2 heterocycles. The molecule has 2 aliphatic heterocycles. The zero-order chi connectivity index (χ0) is 15.9. The number of urea groups is 1. The number of carbonyl (C=O) groups is 2. The molecule has 0 spiro atoms. The molecule has 0 radical (unpaired) electrons. The molecule has 114 valence electrons. The van der Waals surface area contributed by atoms with E-state index in [1.165, 1.54) is 17.5 Å². The first-order chi connectivity index (χ1) is 10.5. The molecule has 1 unspecified atom stereocenters. The van der Waals surface area contributed by atoms with Crippen molar-refractivity contribution in [3.05, 3.63) is 35.9 Å². The Morgan fingerprint density at radius 3 is 2.55 bits per heavy atom. The summed E-state index contributed by atoms with van der Waals surface area (Å²) in [6, 6.07) is 9.13. The van der Waals surface area contributed by atoms with Crippen molar-refractivity contribution in [3.8, 4) is 0 Å². The predicted octanol–water partition coefficient (Wildman–Crippen LogP) is 1.22. The van der Waals surface area contributed by atoms with Gasteiger partial charge >= 0.3 is 6.03 Å². The van der Waals surface area contributed by atoms with Crippen molar-refractivity contribution in [2.24, 2.45) is 4.99 Å². The van der Waals surface area contributed by atoms with Gasteiger partial charge in [-0.3, -0.25) is 9.69 Å². The SMILES string of the molecule is CN1C(=O)C2N=C(SCc3ccccc3)[N+](C)=C2N(C)C1=O. The van der Waals surface area contributed by atoms with E-state index >= 15 is 0 Å². The number of benzene rings is 1. The molecule has 3 amide bonds. The van der Waals surface area contributed by atoms with Crippen LogP contribution in [-0.2, 0) is 10.5 Å². The molecule has 6 nitrogen and oxygen atoms in total. The first kappa shape index (κ1) is 14.8. The largest absolute Gasteiger partial charge is 0.388 e. The number of amides is 3. The fourth-order valence-electron chi connectivity index (χ4n) is 2.57. The topological polar surface area (TPSA) is 56.0 Å². The zero-order valence-corrected chi connectivity index (χ0v) is 13.5. The van der Waals surface area contributed by atoms with Gasteiger partial charge in [-0.1, -0.05) is 30.3 Å². The first-order valence-corrected chi connectivity index (χ1v) is 7.89. The molecule has 2 aliphatic rings. The van der Waals surface area contributed by atoms with Crippen LogP contribution in [0, 0.1) is 0 Å². The number of carbonyl (C=O) groups excluding carboxylic acids is 2. The van der Waals surface area contributed by atoms with Gasteiger partial charge in [0, 0.05) is 12.8 Å². The third kappa shape index (κ3) is 2.31. The monoisotopic (exact) mass is 317 g/mol. The number of aliphatic imine (C=N–C) groups is 1. The predicted molar refractivity (Wildman–Crippen MR) is 86.1 cm³/mol. The van der Waals surface area contributed by atoms with Gasteiger partial charge in [0.1, 0.15) is 0 Å². The Kier molecular flexibility index (Phi) is 3.74. The Hall–Kier alpha value is -2.15. The number of amidine groups is 2. The molecule has 0 N–H and O–H groups in total. The second-order valence-corrected chi connectivity index (χ2v) is 6.19. The Balaban J connectivity index is 1.84. The minimum absolute atomic E-state index is 0.278. The second-order valence-electron chi connectivity index (χ2n) is 5.24. The van der Waals surface area contributed by atoms with E-state index in [2.05, 4.69) is 17.1 Å². The van der Waals surface area contributed by atoms with Crippen LogP contribution in [0.25, 0.3) is 0 Å². The molecule has 1 atom stereocenters. The van der Waals surface area contributed by atoms with Gasteiger partial charge in [0.05, 0.1) is 14.1 Å². The molecule has 7 heteroatoms. The molecule has 0 bridgehead atoms.